The Morgan fingerprint density at radius 3 is 2.58 bits per heavy atom. The van der Waals surface area contributed by atoms with Crippen LogP contribution in [-0.2, 0) is 4.74 Å². The van der Waals surface area contributed by atoms with Crippen LogP contribution in [0.25, 0.3) is 0 Å². The van der Waals surface area contributed by atoms with Crippen molar-refractivity contribution in [3.63, 3.8) is 0 Å². The first-order valence-corrected chi connectivity index (χ1v) is 5.25. The van der Waals surface area contributed by atoms with Gasteiger partial charge >= 0.3 is 0 Å². The number of ether oxygens (including phenoxy) is 1. The molecule has 2 unspecified atom stereocenters. The molecule has 2 rings (SSSR count). The Morgan fingerprint density at radius 2 is 1.92 bits per heavy atom. The Hall–Kier alpha value is -0.0800. The molecule has 2 atom stereocenters. The van der Waals surface area contributed by atoms with Crippen molar-refractivity contribution in [2.75, 3.05) is 13.2 Å². The molecule has 2 aliphatic rings. The van der Waals surface area contributed by atoms with Crippen molar-refractivity contribution in [2.45, 2.75) is 50.7 Å². The maximum absolute atomic E-state index is 5.72. The van der Waals surface area contributed by atoms with Gasteiger partial charge in [-0.15, -0.1) is 0 Å². The second-order valence-electron chi connectivity index (χ2n) is 3.87. The maximum atomic E-state index is 5.72. The summed E-state index contributed by atoms with van der Waals surface area (Å²) in [5.74, 6) is 0. The maximum Gasteiger partial charge on any atom is 0.0744 e. The fraction of sp³-hybridized carbons (Fsp3) is 1.00. The van der Waals surface area contributed by atoms with E-state index < -0.39 is 0 Å². The van der Waals surface area contributed by atoms with Crippen molar-refractivity contribution in [3.8, 4) is 0 Å². The number of nitrogens with zero attached hydrogens (tertiary/aromatic N) is 1. The SMILES string of the molecule is C1CCC(C2CCCCO2)[N]C1. The van der Waals surface area contributed by atoms with Crippen molar-refractivity contribution in [3.05, 3.63) is 0 Å². The molecule has 0 bridgehead atoms. The van der Waals surface area contributed by atoms with Crippen LogP contribution in [0.2, 0.25) is 0 Å². The van der Waals surface area contributed by atoms with Crippen molar-refractivity contribution in [2.24, 2.45) is 0 Å². The van der Waals surface area contributed by atoms with Crippen molar-refractivity contribution >= 4 is 0 Å². The van der Waals surface area contributed by atoms with E-state index in [2.05, 4.69) is 5.32 Å². The zero-order valence-corrected chi connectivity index (χ0v) is 7.67. The van der Waals surface area contributed by atoms with Crippen molar-refractivity contribution in [1.29, 1.82) is 0 Å². The van der Waals surface area contributed by atoms with Crippen LogP contribution in [0.15, 0.2) is 0 Å². The number of rotatable bonds is 1. The molecule has 0 N–H and O–H groups in total. The van der Waals surface area contributed by atoms with Gasteiger partial charge in [0.15, 0.2) is 0 Å². The quantitative estimate of drug-likeness (QED) is 0.584. The van der Waals surface area contributed by atoms with Gasteiger partial charge in [0.2, 0.25) is 0 Å². The van der Waals surface area contributed by atoms with Gasteiger partial charge in [0.05, 0.1) is 12.1 Å². The molecule has 2 saturated heterocycles. The average Bonchev–Trinajstić information content (AvgIpc) is 2.21. The fourth-order valence-corrected chi connectivity index (χ4v) is 2.19. The van der Waals surface area contributed by atoms with Crippen molar-refractivity contribution < 1.29 is 4.74 Å². The van der Waals surface area contributed by atoms with Gasteiger partial charge in [-0.05, 0) is 32.1 Å². The van der Waals surface area contributed by atoms with E-state index in [1.54, 1.807) is 0 Å². The van der Waals surface area contributed by atoms with Gasteiger partial charge in [-0.1, -0.05) is 6.42 Å². The van der Waals surface area contributed by atoms with Crippen LogP contribution in [0.5, 0.6) is 0 Å². The highest BCUT2D eigenvalue weighted by Crippen LogP contribution is 2.21. The van der Waals surface area contributed by atoms with E-state index >= 15 is 0 Å². The molecular weight excluding hydrogens is 150 g/mol. The monoisotopic (exact) mass is 168 g/mol. The summed E-state index contributed by atoms with van der Waals surface area (Å²) in [6, 6.07) is 0.541. The molecule has 2 fully saturated rings. The number of hydrogen-bond acceptors (Lipinski definition) is 1. The lowest BCUT2D eigenvalue weighted by molar-refractivity contribution is -0.0139. The summed E-state index contributed by atoms with van der Waals surface area (Å²) in [5, 5.41) is 4.63. The van der Waals surface area contributed by atoms with E-state index in [9.17, 15) is 0 Å². The fourth-order valence-electron chi connectivity index (χ4n) is 2.19. The summed E-state index contributed by atoms with van der Waals surface area (Å²) in [7, 11) is 0. The summed E-state index contributed by atoms with van der Waals surface area (Å²) in [6.45, 7) is 2.04. The predicted octanol–water partition coefficient (Wildman–Crippen LogP) is 1.71. The Balaban J connectivity index is 1.80. The highest BCUT2D eigenvalue weighted by molar-refractivity contribution is 4.81. The largest absolute Gasteiger partial charge is 0.377 e. The summed E-state index contributed by atoms with van der Waals surface area (Å²) >= 11 is 0. The first kappa shape index (κ1) is 8.52. The molecule has 2 heteroatoms. The third-order valence-corrected chi connectivity index (χ3v) is 2.92. The second-order valence-corrected chi connectivity index (χ2v) is 3.87. The minimum Gasteiger partial charge on any atom is -0.377 e. The average molecular weight is 168 g/mol. The molecule has 0 aromatic carbocycles. The highest BCUT2D eigenvalue weighted by Gasteiger charge is 2.26. The van der Waals surface area contributed by atoms with E-state index in [0.717, 1.165) is 13.2 Å². The van der Waals surface area contributed by atoms with Gasteiger partial charge in [-0.25, -0.2) is 5.32 Å². The topological polar surface area (TPSA) is 23.3 Å². The van der Waals surface area contributed by atoms with Gasteiger partial charge in [-0.3, -0.25) is 0 Å². The van der Waals surface area contributed by atoms with Crippen LogP contribution < -0.4 is 5.32 Å². The summed E-state index contributed by atoms with van der Waals surface area (Å²) < 4.78 is 5.72. The molecule has 0 aliphatic carbocycles. The zero-order valence-electron chi connectivity index (χ0n) is 7.67. The lowest BCUT2D eigenvalue weighted by atomic mass is 9.95. The van der Waals surface area contributed by atoms with Crippen LogP contribution >= 0.6 is 0 Å². The summed E-state index contributed by atoms with van der Waals surface area (Å²) in [6.07, 6.45) is 8.23. The minimum atomic E-state index is 0.471. The van der Waals surface area contributed by atoms with Crippen LogP contribution in [-0.4, -0.2) is 25.3 Å². The van der Waals surface area contributed by atoms with Gasteiger partial charge in [0.1, 0.15) is 0 Å². The summed E-state index contributed by atoms with van der Waals surface area (Å²) in [5.41, 5.74) is 0. The predicted molar refractivity (Wildman–Crippen MR) is 48.2 cm³/mol. The standard InChI is InChI=1S/C10H18NO/c1-3-7-11-9(5-1)10-6-2-4-8-12-10/h9-10H,1-8H2. The Morgan fingerprint density at radius 1 is 1.00 bits per heavy atom. The molecule has 0 aromatic rings. The van der Waals surface area contributed by atoms with Gasteiger partial charge < -0.3 is 4.74 Å². The Bertz CT molecular complexity index is 110. The molecular formula is C10H18NO. The zero-order chi connectivity index (χ0) is 8.23. The highest BCUT2D eigenvalue weighted by atomic mass is 16.5. The van der Waals surface area contributed by atoms with Crippen LogP contribution in [0.1, 0.15) is 38.5 Å². The molecule has 0 aromatic heterocycles. The van der Waals surface area contributed by atoms with E-state index in [4.69, 9.17) is 4.74 Å². The normalized spacial score (nSPS) is 38.0. The molecule has 2 aliphatic heterocycles. The van der Waals surface area contributed by atoms with Crippen molar-refractivity contribution in [1.82, 2.24) is 5.32 Å². The van der Waals surface area contributed by atoms with Gasteiger partial charge in [0.25, 0.3) is 0 Å². The third kappa shape index (κ3) is 1.99. The van der Waals surface area contributed by atoms with Gasteiger partial charge in [0, 0.05) is 13.2 Å². The second kappa shape index (κ2) is 4.24. The molecule has 12 heavy (non-hydrogen) atoms. The summed E-state index contributed by atoms with van der Waals surface area (Å²) in [4.78, 5) is 0. The molecule has 69 valence electrons. The van der Waals surface area contributed by atoms with Crippen LogP contribution in [0.3, 0.4) is 0 Å². The lowest BCUT2D eigenvalue weighted by Crippen LogP contribution is -2.41. The number of hydrogen-bond donors (Lipinski definition) is 0. The van der Waals surface area contributed by atoms with E-state index in [1.165, 1.54) is 38.5 Å². The molecule has 2 heterocycles. The lowest BCUT2D eigenvalue weighted by Gasteiger charge is -2.32. The van der Waals surface area contributed by atoms with Crippen LogP contribution in [0, 0.1) is 0 Å². The molecule has 1 radical (unpaired) electrons. The molecule has 0 spiro atoms. The first-order chi connectivity index (χ1) is 5.97. The molecule has 0 amide bonds. The Labute approximate surface area is 74.7 Å². The van der Waals surface area contributed by atoms with E-state index in [-0.39, 0.29) is 0 Å². The first-order valence-electron chi connectivity index (χ1n) is 5.25. The minimum absolute atomic E-state index is 0.471. The molecule has 0 saturated carbocycles. The van der Waals surface area contributed by atoms with E-state index in [0.29, 0.717) is 12.1 Å². The van der Waals surface area contributed by atoms with Gasteiger partial charge in [-0.2, -0.15) is 0 Å². The smallest absolute Gasteiger partial charge is 0.0744 e. The third-order valence-electron chi connectivity index (χ3n) is 2.92. The van der Waals surface area contributed by atoms with Crippen LogP contribution in [0.4, 0.5) is 0 Å². The Kier molecular flexibility index (Phi) is 3.01. The number of piperidine rings is 1. The van der Waals surface area contributed by atoms with E-state index in [1.807, 2.05) is 0 Å². The molecule has 2 nitrogen and oxygen atoms in total.